The van der Waals surface area contributed by atoms with Crippen LogP contribution in [-0.2, 0) is 11.3 Å². The van der Waals surface area contributed by atoms with Crippen molar-refractivity contribution in [3.05, 3.63) is 64.4 Å². The number of carbonyl (C=O) groups is 1. The van der Waals surface area contributed by atoms with Crippen molar-refractivity contribution in [2.45, 2.75) is 18.6 Å². The van der Waals surface area contributed by atoms with E-state index in [1.807, 2.05) is 0 Å². The van der Waals surface area contributed by atoms with Crippen LogP contribution in [0.5, 0.6) is 0 Å². The molecule has 3 aromatic rings. The first-order valence-corrected chi connectivity index (χ1v) is 9.08. The minimum atomic E-state index is -0.284. The maximum absolute atomic E-state index is 13.5. The molecule has 0 saturated heterocycles. The van der Waals surface area contributed by atoms with Crippen molar-refractivity contribution < 1.29 is 9.18 Å². The van der Waals surface area contributed by atoms with Gasteiger partial charge in [0.25, 0.3) is 0 Å². The van der Waals surface area contributed by atoms with Gasteiger partial charge in [-0.2, -0.15) is 4.68 Å². The molecule has 1 N–H and O–H groups in total. The molecule has 0 radical (unpaired) electrons. The number of carbonyl (C=O) groups excluding carboxylic acids is 1. The quantitative estimate of drug-likeness (QED) is 0.653. The molecule has 0 aliphatic carbocycles. The van der Waals surface area contributed by atoms with Gasteiger partial charge in [0.2, 0.25) is 11.1 Å². The van der Waals surface area contributed by atoms with Crippen LogP contribution < -0.4 is 5.32 Å². The lowest BCUT2D eigenvalue weighted by atomic mass is 10.1. The van der Waals surface area contributed by atoms with E-state index in [1.54, 1.807) is 43.3 Å². The molecule has 0 atom stereocenters. The monoisotopic (exact) mass is 391 g/mol. The SMILES string of the molecule is Cc1ccc(CNC(=O)CSc2nnnn2-c2ccc(Cl)cc2)cc1F. The van der Waals surface area contributed by atoms with E-state index in [4.69, 9.17) is 11.6 Å². The fraction of sp³-hybridized carbons (Fsp3) is 0.176. The molecule has 134 valence electrons. The van der Waals surface area contributed by atoms with Crippen LogP contribution in [0.25, 0.3) is 5.69 Å². The summed E-state index contributed by atoms with van der Waals surface area (Å²) < 4.78 is 15.0. The van der Waals surface area contributed by atoms with Crippen molar-refractivity contribution in [1.29, 1.82) is 0 Å². The highest BCUT2D eigenvalue weighted by Gasteiger charge is 2.11. The van der Waals surface area contributed by atoms with E-state index in [0.717, 1.165) is 5.69 Å². The number of hydrogen-bond acceptors (Lipinski definition) is 5. The van der Waals surface area contributed by atoms with Crippen LogP contribution in [-0.4, -0.2) is 31.9 Å². The Bertz CT molecular complexity index is 916. The number of tetrazole rings is 1. The lowest BCUT2D eigenvalue weighted by Gasteiger charge is -2.07. The van der Waals surface area contributed by atoms with Crippen molar-refractivity contribution in [3.8, 4) is 5.69 Å². The summed E-state index contributed by atoms with van der Waals surface area (Å²) >= 11 is 7.09. The lowest BCUT2D eigenvalue weighted by molar-refractivity contribution is -0.118. The second-order valence-electron chi connectivity index (χ2n) is 5.50. The Morgan fingerprint density at radius 3 is 2.77 bits per heavy atom. The molecule has 1 heterocycles. The van der Waals surface area contributed by atoms with E-state index < -0.39 is 0 Å². The van der Waals surface area contributed by atoms with Crippen LogP contribution in [0.3, 0.4) is 0 Å². The van der Waals surface area contributed by atoms with Crippen molar-refractivity contribution >= 4 is 29.3 Å². The van der Waals surface area contributed by atoms with Crippen LogP contribution in [0.15, 0.2) is 47.6 Å². The predicted octanol–water partition coefficient (Wildman–Crippen LogP) is 3.17. The molecular weight excluding hydrogens is 377 g/mol. The van der Waals surface area contributed by atoms with E-state index in [0.29, 0.717) is 21.3 Å². The van der Waals surface area contributed by atoms with Gasteiger partial charge in [-0.3, -0.25) is 4.79 Å². The summed E-state index contributed by atoms with van der Waals surface area (Å²) in [5.41, 5.74) is 2.03. The van der Waals surface area contributed by atoms with E-state index in [1.165, 1.54) is 22.5 Å². The molecule has 0 fully saturated rings. The van der Waals surface area contributed by atoms with Gasteiger partial charge >= 0.3 is 0 Å². The van der Waals surface area contributed by atoms with Crippen molar-refractivity contribution in [1.82, 2.24) is 25.5 Å². The number of aromatic nitrogens is 4. The summed E-state index contributed by atoms with van der Waals surface area (Å²) in [4.78, 5) is 12.0. The van der Waals surface area contributed by atoms with E-state index in [9.17, 15) is 9.18 Å². The van der Waals surface area contributed by atoms with Crippen molar-refractivity contribution in [2.24, 2.45) is 0 Å². The van der Waals surface area contributed by atoms with Gasteiger partial charge in [-0.25, -0.2) is 4.39 Å². The molecule has 0 spiro atoms. The highest BCUT2D eigenvalue weighted by atomic mass is 35.5. The van der Waals surface area contributed by atoms with Gasteiger partial charge in [-0.15, -0.1) is 5.10 Å². The number of nitrogens with one attached hydrogen (secondary N) is 1. The molecule has 0 aliphatic heterocycles. The molecule has 6 nitrogen and oxygen atoms in total. The number of rotatable bonds is 6. The molecule has 3 rings (SSSR count). The Morgan fingerprint density at radius 1 is 1.27 bits per heavy atom. The zero-order valence-corrected chi connectivity index (χ0v) is 15.4. The van der Waals surface area contributed by atoms with Crippen molar-refractivity contribution in [3.63, 3.8) is 0 Å². The Kier molecular flexibility index (Phi) is 5.85. The van der Waals surface area contributed by atoms with Gasteiger partial charge in [0, 0.05) is 11.6 Å². The van der Waals surface area contributed by atoms with Gasteiger partial charge in [-0.1, -0.05) is 35.5 Å². The first-order valence-electron chi connectivity index (χ1n) is 7.72. The van der Waals surface area contributed by atoms with Gasteiger partial charge in [0.15, 0.2) is 0 Å². The standard InChI is InChI=1S/C17H15ClFN5OS/c1-11-2-3-12(8-15(11)19)9-20-16(25)10-26-17-21-22-23-24(17)14-6-4-13(18)5-7-14/h2-8H,9-10H2,1H3,(H,20,25). The zero-order chi connectivity index (χ0) is 18.5. The molecule has 26 heavy (non-hydrogen) atoms. The second-order valence-corrected chi connectivity index (χ2v) is 6.88. The van der Waals surface area contributed by atoms with Crippen LogP contribution in [0.1, 0.15) is 11.1 Å². The van der Waals surface area contributed by atoms with Crippen LogP contribution in [0, 0.1) is 12.7 Å². The Hall–Kier alpha value is -2.45. The zero-order valence-electron chi connectivity index (χ0n) is 13.8. The van der Waals surface area contributed by atoms with E-state index in [-0.39, 0.29) is 24.0 Å². The number of nitrogens with zero attached hydrogens (tertiary/aromatic N) is 4. The molecule has 9 heteroatoms. The number of amides is 1. The van der Waals surface area contributed by atoms with Gasteiger partial charge in [-0.05, 0) is 58.8 Å². The molecule has 1 amide bonds. The topological polar surface area (TPSA) is 72.7 Å². The predicted molar refractivity (Wildman–Crippen MR) is 97.9 cm³/mol. The van der Waals surface area contributed by atoms with E-state index in [2.05, 4.69) is 20.8 Å². The Labute approximate surface area is 158 Å². The summed E-state index contributed by atoms with van der Waals surface area (Å²) in [5.74, 6) is -0.336. The van der Waals surface area contributed by atoms with Gasteiger partial charge in [0.05, 0.1) is 11.4 Å². The maximum atomic E-state index is 13.5. The number of halogens is 2. The normalized spacial score (nSPS) is 10.7. The number of thioether (sulfide) groups is 1. The molecule has 0 aliphatic rings. The molecule has 2 aromatic carbocycles. The van der Waals surface area contributed by atoms with Gasteiger partial charge in [0.1, 0.15) is 5.82 Å². The fourth-order valence-corrected chi connectivity index (χ4v) is 2.99. The molecule has 1 aromatic heterocycles. The highest BCUT2D eigenvalue weighted by molar-refractivity contribution is 7.99. The Balaban J connectivity index is 1.56. The number of benzene rings is 2. The average Bonchev–Trinajstić information content (AvgIpc) is 3.10. The highest BCUT2D eigenvalue weighted by Crippen LogP contribution is 2.19. The summed E-state index contributed by atoms with van der Waals surface area (Å²) in [7, 11) is 0. The lowest BCUT2D eigenvalue weighted by Crippen LogP contribution is -2.24. The molecular formula is C17H15ClFN5OS. The minimum Gasteiger partial charge on any atom is -0.351 e. The first kappa shape index (κ1) is 18.3. The summed E-state index contributed by atoms with van der Waals surface area (Å²) in [6, 6.07) is 11.9. The molecule has 0 saturated carbocycles. The first-order chi connectivity index (χ1) is 12.5. The average molecular weight is 392 g/mol. The molecule has 0 unspecified atom stereocenters. The third-order valence-electron chi connectivity index (χ3n) is 3.57. The number of aryl methyl sites for hydroxylation is 1. The third kappa shape index (κ3) is 4.59. The van der Waals surface area contributed by atoms with Crippen molar-refractivity contribution in [2.75, 3.05) is 5.75 Å². The maximum Gasteiger partial charge on any atom is 0.230 e. The Morgan fingerprint density at radius 2 is 2.04 bits per heavy atom. The van der Waals surface area contributed by atoms with Gasteiger partial charge < -0.3 is 5.32 Å². The van der Waals surface area contributed by atoms with Crippen LogP contribution in [0.4, 0.5) is 4.39 Å². The third-order valence-corrected chi connectivity index (χ3v) is 4.74. The summed E-state index contributed by atoms with van der Waals surface area (Å²) in [5, 5.41) is 15.4. The number of hydrogen-bond donors (Lipinski definition) is 1. The fourth-order valence-electron chi connectivity index (χ4n) is 2.14. The molecule has 0 bridgehead atoms. The second kappa shape index (κ2) is 8.29. The smallest absolute Gasteiger partial charge is 0.230 e. The largest absolute Gasteiger partial charge is 0.351 e. The minimum absolute atomic E-state index is 0.141. The van der Waals surface area contributed by atoms with E-state index >= 15 is 0 Å². The summed E-state index contributed by atoms with van der Waals surface area (Å²) in [6.07, 6.45) is 0. The summed E-state index contributed by atoms with van der Waals surface area (Å²) in [6.45, 7) is 1.96. The van der Waals surface area contributed by atoms with Crippen LogP contribution >= 0.6 is 23.4 Å². The van der Waals surface area contributed by atoms with Crippen LogP contribution in [0.2, 0.25) is 5.02 Å².